The molecule has 2 aromatic rings. The topological polar surface area (TPSA) is 67.9 Å². The van der Waals surface area contributed by atoms with Gasteiger partial charge >= 0.3 is 5.97 Å². The lowest BCUT2D eigenvalue weighted by Crippen LogP contribution is -2.41. The largest absolute Gasteiger partial charge is 0.466 e. The molecule has 29 heavy (non-hydrogen) atoms. The van der Waals surface area contributed by atoms with Gasteiger partial charge < -0.3 is 14.8 Å². The quantitative estimate of drug-likeness (QED) is 0.717. The Morgan fingerprint density at radius 1 is 1.07 bits per heavy atom. The number of rotatable bonds is 7. The van der Waals surface area contributed by atoms with Gasteiger partial charge in [0.25, 0.3) is 0 Å². The smallest absolute Gasteiger partial charge is 0.309 e. The Bertz CT molecular complexity index is 827. The summed E-state index contributed by atoms with van der Waals surface area (Å²) in [6.07, 6.45) is 1.44. The van der Waals surface area contributed by atoms with E-state index in [0.717, 1.165) is 24.2 Å². The average Bonchev–Trinajstić information content (AvgIpc) is 2.72. The molecule has 0 atom stereocenters. The van der Waals surface area contributed by atoms with Crippen LogP contribution in [-0.2, 0) is 14.3 Å². The Morgan fingerprint density at radius 3 is 2.45 bits per heavy atom. The van der Waals surface area contributed by atoms with Crippen LogP contribution in [0.15, 0.2) is 48.5 Å². The molecule has 1 amide bonds. The highest BCUT2D eigenvalue weighted by Crippen LogP contribution is 2.29. The molecule has 1 heterocycles. The van der Waals surface area contributed by atoms with Gasteiger partial charge in [-0.1, -0.05) is 29.8 Å². The van der Waals surface area contributed by atoms with Crippen LogP contribution in [0.5, 0.6) is 11.5 Å². The molecule has 6 heteroatoms. The molecule has 2 aromatic carbocycles. The third-order valence-electron chi connectivity index (χ3n) is 4.98. The number of amides is 1. The first-order valence-corrected chi connectivity index (χ1v) is 10.1. The third kappa shape index (κ3) is 6.06. The number of anilines is 1. The van der Waals surface area contributed by atoms with Crippen LogP contribution in [0.4, 0.5) is 5.69 Å². The van der Waals surface area contributed by atoms with E-state index in [1.165, 1.54) is 0 Å². The molecular weight excluding hydrogens is 368 g/mol. The molecular formula is C23H28N2O4. The van der Waals surface area contributed by atoms with E-state index >= 15 is 0 Å². The van der Waals surface area contributed by atoms with Crippen LogP contribution in [0.25, 0.3) is 0 Å². The van der Waals surface area contributed by atoms with Gasteiger partial charge in [-0.05, 0) is 64.0 Å². The normalized spacial score (nSPS) is 15.0. The maximum atomic E-state index is 12.5. The number of ether oxygens (including phenoxy) is 2. The van der Waals surface area contributed by atoms with E-state index in [1.807, 2.05) is 62.4 Å². The number of piperidine rings is 1. The highest BCUT2D eigenvalue weighted by atomic mass is 16.5. The number of nitrogens with one attached hydrogen (secondary N) is 1. The van der Waals surface area contributed by atoms with Crippen LogP contribution in [0, 0.1) is 12.8 Å². The predicted molar refractivity (Wildman–Crippen MR) is 112 cm³/mol. The standard InChI is InChI=1S/C23H28N2O4/c1-3-28-23(27)18-12-14-25(15-13-18)16-22(26)24-20-6-4-5-7-21(20)29-19-10-8-17(2)9-11-19/h4-11,18H,3,12-16H2,1-2H3,(H,24,26). The van der Waals surface area contributed by atoms with Crippen molar-refractivity contribution in [2.45, 2.75) is 26.7 Å². The molecule has 0 saturated carbocycles. The summed E-state index contributed by atoms with van der Waals surface area (Å²) < 4.78 is 11.0. The minimum atomic E-state index is -0.126. The fraction of sp³-hybridized carbons (Fsp3) is 0.391. The maximum absolute atomic E-state index is 12.5. The Hall–Kier alpha value is -2.86. The summed E-state index contributed by atoms with van der Waals surface area (Å²) in [6.45, 7) is 5.95. The van der Waals surface area contributed by atoms with Gasteiger partial charge in [0.05, 0.1) is 24.8 Å². The van der Waals surface area contributed by atoms with Crippen molar-refractivity contribution in [1.82, 2.24) is 4.90 Å². The molecule has 154 valence electrons. The summed E-state index contributed by atoms with van der Waals surface area (Å²) in [7, 11) is 0. The highest BCUT2D eigenvalue weighted by molar-refractivity contribution is 5.93. The van der Waals surface area contributed by atoms with E-state index in [0.29, 0.717) is 31.1 Å². The van der Waals surface area contributed by atoms with Crippen molar-refractivity contribution in [3.8, 4) is 11.5 Å². The lowest BCUT2D eigenvalue weighted by molar-refractivity contribution is -0.149. The van der Waals surface area contributed by atoms with Crippen molar-refractivity contribution in [3.63, 3.8) is 0 Å². The SMILES string of the molecule is CCOC(=O)C1CCN(CC(=O)Nc2ccccc2Oc2ccc(C)cc2)CC1. The molecule has 1 N–H and O–H groups in total. The second kappa shape index (κ2) is 10.1. The Kier molecular flexibility index (Phi) is 7.25. The lowest BCUT2D eigenvalue weighted by Gasteiger charge is -2.30. The van der Waals surface area contributed by atoms with E-state index in [-0.39, 0.29) is 24.3 Å². The van der Waals surface area contributed by atoms with Crippen LogP contribution >= 0.6 is 0 Å². The molecule has 6 nitrogen and oxygen atoms in total. The highest BCUT2D eigenvalue weighted by Gasteiger charge is 2.26. The number of hydrogen-bond acceptors (Lipinski definition) is 5. The van der Waals surface area contributed by atoms with E-state index in [9.17, 15) is 9.59 Å². The molecule has 1 fully saturated rings. The molecule has 1 saturated heterocycles. The maximum Gasteiger partial charge on any atom is 0.309 e. The Morgan fingerprint density at radius 2 is 1.76 bits per heavy atom. The number of benzene rings is 2. The summed E-state index contributed by atoms with van der Waals surface area (Å²) in [5.41, 5.74) is 1.80. The average molecular weight is 396 g/mol. The fourth-order valence-corrected chi connectivity index (χ4v) is 3.37. The fourth-order valence-electron chi connectivity index (χ4n) is 3.37. The van der Waals surface area contributed by atoms with Crippen molar-refractivity contribution in [2.75, 3.05) is 31.6 Å². The van der Waals surface area contributed by atoms with Crippen LogP contribution < -0.4 is 10.1 Å². The van der Waals surface area contributed by atoms with Crippen LogP contribution in [0.3, 0.4) is 0 Å². The number of esters is 1. The minimum absolute atomic E-state index is 0.0575. The van der Waals surface area contributed by atoms with Gasteiger partial charge in [-0.3, -0.25) is 14.5 Å². The molecule has 1 aliphatic rings. The van der Waals surface area contributed by atoms with E-state index in [1.54, 1.807) is 0 Å². The predicted octanol–water partition coefficient (Wildman–Crippen LogP) is 4.00. The summed E-state index contributed by atoms with van der Waals surface area (Å²) in [6, 6.07) is 15.2. The van der Waals surface area contributed by atoms with Gasteiger partial charge in [0.15, 0.2) is 5.75 Å². The molecule has 0 radical (unpaired) electrons. The number of para-hydroxylation sites is 2. The lowest BCUT2D eigenvalue weighted by atomic mass is 9.97. The van der Waals surface area contributed by atoms with Gasteiger partial charge in [-0.25, -0.2) is 0 Å². The number of likely N-dealkylation sites (tertiary alicyclic amines) is 1. The van der Waals surface area contributed by atoms with Gasteiger partial charge in [0.2, 0.25) is 5.91 Å². The number of aryl methyl sites for hydroxylation is 1. The molecule has 0 spiro atoms. The van der Waals surface area contributed by atoms with Crippen molar-refractivity contribution < 1.29 is 19.1 Å². The molecule has 1 aliphatic heterocycles. The monoisotopic (exact) mass is 396 g/mol. The van der Waals surface area contributed by atoms with Crippen molar-refractivity contribution in [2.24, 2.45) is 5.92 Å². The zero-order chi connectivity index (χ0) is 20.6. The van der Waals surface area contributed by atoms with Crippen LogP contribution in [0.1, 0.15) is 25.3 Å². The number of nitrogens with zero attached hydrogens (tertiary/aromatic N) is 1. The Balaban J connectivity index is 1.53. The van der Waals surface area contributed by atoms with Crippen molar-refractivity contribution in [1.29, 1.82) is 0 Å². The van der Waals surface area contributed by atoms with Gasteiger partial charge in [-0.2, -0.15) is 0 Å². The number of carbonyl (C=O) groups is 2. The molecule has 0 bridgehead atoms. The van der Waals surface area contributed by atoms with E-state index in [4.69, 9.17) is 9.47 Å². The molecule has 0 unspecified atom stereocenters. The zero-order valence-corrected chi connectivity index (χ0v) is 17.0. The number of carbonyl (C=O) groups excluding carboxylic acids is 2. The Labute approximate surface area is 171 Å². The minimum Gasteiger partial charge on any atom is -0.466 e. The van der Waals surface area contributed by atoms with Gasteiger partial charge in [-0.15, -0.1) is 0 Å². The summed E-state index contributed by atoms with van der Waals surface area (Å²) in [5, 5.41) is 2.95. The first kappa shape index (κ1) is 20.9. The second-order valence-electron chi connectivity index (χ2n) is 7.26. The summed E-state index contributed by atoms with van der Waals surface area (Å²) in [5.74, 6) is 1.04. The van der Waals surface area contributed by atoms with Crippen molar-refractivity contribution in [3.05, 3.63) is 54.1 Å². The molecule has 0 aliphatic carbocycles. The van der Waals surface area contributed by atoms with Gasteiger partial charge in [0, 0.05) is 0 Å². The van der Waals surface area contributed by atoms with E-state index < -0.39 is 0 Å². The third-order valence-corrected chi connectivity index (χ3v) is 4.98. The molecule has 3 rings (SSSR count). The summed E-state index contributed by atoms with van der Waals surface area (Å²) >= 11 is 0. The molecule has 0 aromatic heterocycles. The second-order valence-corrected chi connectivity index (χ2v) is 7.26. The first-order chi connectivity index (χ1) is 14.0. The van der Waals surface area contributed by atoms with Crippen molar-refractivity contribution >= 4 is 17.6 Å². The van der Waals surface area contributed by atoms with Crippen LogP contribution in [-0.4, -0.2) is 43.0 Å². The van der Waals surface area contributed by atoms with E-state index in [2.05, 4.69) is 10.2 Å². The number of hydrogen-bond donors (Lipinski definition) is 1. The zero-order valence-electron chi connectivity index (χ0n) is 17.0. The van der Waals surface area contributed by atoms with Gasteiger partial charge in [0.1, 0.15) is 5.75 Å². The first-order valence-electron chi connectivity index (χ1n) is 10.1. The van der Waals surface area contributed by atoms with Crippen LogP contribution in [0.2, 0.25) is 0 Å². The summed E-state index contributed by atoms with van der Waals surface area (Å²) in [4.78, 5) is 26.5.